The van der Waals surface area contributed by atoms with E-state index in [-0.39, 0.29) is 0 Å². The van der Waals surface area contributed by atoms with Crippen LogP contribution in [0.1, 0.15) is 18.2 Å². The van der Waals surface area contributed by atoms with Gasteiger partial charge in [-0.15, -0.1) is 11.3 Å². The van der Waals surface area contributed by atoms with Gasteiger partial charge in [0, 0.05) is 4.47 Å². The lowest BCUT2D eigenvalue weighted by atomic mass is 10.3. The van der Waals surface area contributed by atoms with Crippen molar-refractivity contribution in [3.63, 3.8) is 0 Å². The summed E-state index contributed by atoms with van der Waals surface area (Å²) in [5, 5.41) is 2.05. The summed E-state index contributed by atoms with van der Waals surface area (Å²) in [6, 6.07) is 9.78. The Morgan fingerprint density at radius 2 is 1.72 bits per heavy atom. The zero-order chi connectivity index (χ0) is 12.8. The van der Waals surface area contributed by atoms with Crippen LogP contribution in [0.2, 0.25) is 0 Å². The van der Waals surface area contributed by atoms with Crippen molar-refractivity contribution < 1.29 is 9.47 Å². The fourth-order valence-electron chi connectivity index (χ4n) is 1.43. The lowest BCUT2D eigenvalue weighted by Gasteiger charge is -2.07. The maximum absolute atomic E-state index is 5.72. The molecule has 0 bridgehead atoms. The summed E-state index contributed by atoms with van der Waals surface area (Å²) in [6.07, 6.45) is 1.02. The van der Waals surface area contributed by atoms with E-state index in [0.29, 0.717) is 6.61 Å². The molecule has 2 aromatic rings. The average molecular weight is 327 g/mol. The van der Waals surface area contributed by atoms with Gasteiger partial charge in [0.1, 0.15) is 18.1 Å². The van der Waals surface area contributed by atoms with E-state index in [0.717, 1.165) is 29.0 Å². The average Bonchev–Trinajstić information content (AvgIpc) is 2.81. The molecule has 0 radical (unpaired) electrons. The van der Waals surface area contributed by atoms with E-state index in [4.69, 9.17) is 9.47 Å². The van der Waals surface area contributed by atoms with Crippen LogP contribution in [0.15, 0.2) is 40.2 Å². The van der Waals surface area contributed by atoms with Gasteiger partial charge >= 0.3 is 0 Å². The molecule has 0 fully saturated rings. The Hall–Kier alpha value is -1.00. The van der Waals surface area contributed by atoms with Gasteiger partial charge in [0.05, 0.1) is 11.5 Å². The molecule has 0 spiro atoms. The predicted molar refractivity (Wildman–Crippen MR) is 78.6 cm³/mol. The highest BCUT2D eigenvalue weighted by Gasteiger charge is 2.02. The highest BCUT2D eigenvalue weighted by molar-refractivity contribution is 9.10. The molecule has 18 heavy (non-hydrogen) atoms. The SMILES string of the molecule is CCCOc1ccc(OCc2sccc2Br)cc1. The van der Waals surface area contributed by atoms with Gasteiger partial charge in [0.25, 0.3) is 0 Å². The molecule has 0 saturated carbocycles. The Morgan fingerprint density at radius 3 is 2.28 bits per heavy atom. The van der Waals surface area contributed by atoms with E-state index in [1.807, 2.05) is 35.7 Å². The van der Waals surface area contributed by atoms with Crippen LogP contribution in [-0.2, 0) is 6.61 Å². The summed E-state index contributed by atoms with van der Waals surface area (Å²) >= 11 is 5.18. The zero-order valence-electron chi connectivity index (χ0n) is 10.2. The first-order valence-electron chi connectivity index (χ1n) is 5.87. The van der Waals surface area contributed by atoms with Gasteiger partial charge in [-0.05, 0) is 58.1 Å². The van der Waals surface area contributed by atoms with E-state index in [9.17, 15) is 0 Å². The Morgan fingerprint density at radius 1 is 1.06 bits per heavy atom. The minimum atomic E-state index is 0.591. The number of rotatable bonds is 6. The van der Waals surface area contributed by atoms with Crippen LogP contribution in [0, 0.1) is 0 Å². The van der Waals surface area contributed by atoms with E-state index in [1.54, 1.807) is 11.3 Å². The van der Waals surface area contributed by atoms with Crippen LogP contribution in [0.4, 0.5) is 0 Å². The summed E-state index contributed by atoms with van der Waals surface area (Å²) in [5.74, 6) is 1.75. The van der Waals surface area contributed by atoms with Crippen molar-refractivity contribution in [2.45, 2.75) is 20.0 Å². The lowest BCUT2D eigenvalue weighted by Crippen LogP contribution is -1.96. The predicted octanol–water partition coefficient (Wildman–Crippen LogP) is 4.88. The Kier molecular flexibility index (Phi) is 5.08. The first kappa shape index (κ1) is 13.4. The number of benzene rings is 1. The molecule has 4 heteroatoms. The molecule has 0 atom stereocenters. The third-order valence-electron chi connectivity index (χ3n) is 2.36. The van der Waals surface area contributed by atoms with E-state index < -0.39 is 0 Å². The molecule has 2 rings (SSSR count). The molecule has 0 amide bonds. The normalized spacial score (nSPS) is 10.3. The van der Waals surface area contributed by atoms with E-state index in [1.165, 1.54) is 4.88 Å². The molecule has 2 nitrogen and oxygen atoms in total. The number of thiophene rings is 1. The minimum absolute atomic E-state index is 0.591. The fourth-order valence-corrected chi connectivity index (χ4v) is 2.81. The van der Waals surface area contributed by atoms with Crippen molar-refractivity contribution >= 4 is 27.3 Å². The van der Waals surface area contributed by atoms with Gasteiger partial charge < -0.3 is 9.47 Å². The number of ether oxygens (including phenoxy) is 2. The summed E-state index contributed by atoms with van der Waals surface area (Å²) in [5.41, 5.74) is 0. The molecular formula is C14H15BrO2S. The molecule has 0 saturated heterocycles. The van der Waals surface area contributed by atoms with E-state index >= 15 is 0 Å². The quantitative estimate of drug-likeness (QED) is 0.753. The molecule has 0 N–H and O–H groups in total. The molecule has 96 valence electrons. The summed E-state index contributed by atoms with van der Waals surface area (Å²) in [7, 11) is 0. The van der Waals surface area contributed by atoms with E-state index in [2.05, 4.69) is 22.9 Å². The third-order valence-corrected chi connectivity index (χ3v) is 4.26. The van der Waals surface area contributed by atoms with Gasteiger partial charge in [-0.1, -0.05) is 6.92 Å². The fraction of sp³-hybridized carbons (Fsp3) is 0.286. The largest absolute Gasteiger partial charge is 0.494 e. The van der Waals surface area contributed by atoms with Gasteiger partial charge in [-0.25, -0.2) is 0 Å². The van der Waals surface area contributed by atoms with Crippen LogP contribution in [0.25, 0.3) is 0 Å². The summed E-state index contributed by atoms with van der Waals surface area (Å²) in [4.78, 5) is 1.20. The van der Waals surface area contributed by atoms with Crippen molar-refractivity contribution in [1.82, 2.24) is 0 Å². The first-order valence-corrected chi connectivity index (χ1v) is 7.54. The van der Waals surface area contributed by atoms with Gasteiger partial charge in [-0.3, -0.25) is 0 Å². The molecule has 1 aromatic heterocycles. The van der Waals surface area contributed by atoms with Crippen LogP contribution in [-0.4, -0.2) is 6.61 Å². The monoisotopic (exact) mass is 326 g/mol. The van der Waals surface area contributed by atoms with Crippen molar-refractivity contribution in [1.29, 1.82) is 0 Å². The van der Waals surface area contributed by atoms with Gasteiger partial charge in [0.15, 0.2) is 0 Å². The van der Waals surface area contributed by atoms with Gasteiger partial charge in [-0.2, -0.15) is 0 Å². The lowest BCUT2D eigenvalue weighted by molar-refractivity contribution is 0.303. The zero-order valence-corrected chi connectivity index (χ0v) is 12.6. The second-order valence-electron chi connectivity index (χ2n) is 3.80. The molecule has 1 aromatic carbocycles. The maximum atomic E-state index is 5.72. The van der Waals surface area contributed by atoms with Crippen LogP contribution in [0.3, 0.4) is 0 Å². The smallest absolute Gasteiger partial charge is 0.124 e. The molecule has 0 aliphatic rings. The van der Waals surface area contributed by atoms with Crippen molar-refractivity contribution in [2.75, 3.05) is 6.61 Å². The Balaban J connectivity index is 1.88. The summed E-state index contributed by atoms with van der Waals surface area (Å²) in [6.45, 7) is 3.44. The number of hydrogen-bond donors (Lipinski definition) is 0. The van der Waals surface area contributed by atoms with Gasteiger partial charge in [0.2, 0.25) is 0 Å². The van der Waals surface area contributed by atoms with Crippen molar-refractivity contribution in [3.8, 4) is 11.5 Å². The second-order valence-corrected chi connectivity index (χ2v) is 5.66. The van der Waals surface area contributed by atoms with Crippen molar-refractivity contribution in [2.24, 2.45) is 0 Å². The third kappa shape index (κ3) is 3.75. The highest BCUT2D eigenvalue weighted by Crippen LogP contribution is 2.25. The first-order chi connectivity index (χ1) is 8.79. The Bertz CT molecular complexity index is 479. The number of halogens is 1. The topological polar surface area (TPSA) is 18.5 Å². The van der Waals surface area contributed by atoms with Crippen LogP contribution >= 0.6 is 27.3 Å². The van der Waals surface area contributed by atoms with Crippen LogP contribution < -0.4 is 9.47 Å². The molecule has 0 unspecified atom stereocenters. The van der Waals surface area contributed by atoms with Crippen molar-refractivity contribution in [3.05, 3.63) is 45.1 Å². The number of hydrogen-bond acceptors (Lipinski definition) is 3. The minimum Gasteiger partial charge on any atom is -0.494 e. The molecule has 0 aliphatic heterocycles. The highest BCUT2D eigenvalue weighted by atomic mass is 79.9. The molecular weight excluding hydrogens is 312 g/mol. The standard InChI is InChI=1S/C14H15BrO2S/c1-2-8-16-11-3-5-12(6-4-11)17-10-14-13(15)7-9-18-14/h3-7,9H,2,8,10H2,1H3. The van der Waals surface area contributed by atoms with Crippen LogP contribution in [0.5, 0.6) is 11.5 Å². The second kappa shape index (κ2) is 6.81. The molecule has 1 heterocycles. The maximum Gasteiger partial charge on any atom is 0.124 e. The molecule has 0 aliphatic carbocycles. The summed E-state index contributed by atoms with van der Waals surface area (Å²) < 4.78 is 12.3. The Labute approximate surface area is 120 Å².